The van der Waals surface area contributed by atoms with Gasteiger partial charge in [0.05, 0.1) is 27.7 Å². The third kappa shape index (κ3) is 68.0. The summed E-state index contributed by atoms with van der Waals surface area (Å²) in [4.78, 5) is 35.8. The molecular weight excluding hydrogens is 1090 g/mol. The second-order valence-corrected chi connectivity index (χ2v) is 23.8. The Morgan fingerprint density at radius 2 is 0.628 bits per heavy atom. The Balaban J connectivity index is 4.26. The van der Waals surface area contributed by atoms with Gasteiger partial charge in [0.2, 0.25) is 0 Å². The van der Waals surface area contributed by atoms with Crippen molar-refractivity contribution >= 4 is 19.8 Å². The number of carbonyl (C=O) groups is 2. The van der Waals surface area contributed by atoms with Crippen LogP contribution < -0.4 is 0 Å². The van der Waals surface area contributed by atoms with E-state index in [1.54, 1.807) is 0 Å². The number of phosphoric ester groups is 1. The van der Waals surface area contributed by atoms with E-state index in [0.717, 1.165) is 154 Å². The van der Waals surface area contributed by atoms with Crippen molar-refractivity contribution in [2.75, 3.05) is 47.5 Å². The second-order valence-electron chi connectivity index (χ2n) is 22.4. The van der Waals surface area contributed by atoms with Crippen molar-refractivity contribution in [2.24, 2.45) is 0 Å². The van der Waals surface area contributed by atoms with Crippen molar-refractivity contribution in [3.63, 3.8) is 0 Å². The minimum absolute atomic E-state index is 0.0131. The van der Waals surface area contributed by atoms with E-state index in [-0.39, 0.29) is 26.1 Å². The number of allylic oxidation sites excluding steroid dienone is 32. The number of hydrogen-bond acceptors (Lipinski definition) is 7. The molecule has 482 valence electrons. The van der Waals surface area contributed by atoms with Gasteiger partial charge in [-0.25, -0.2) is 4.57 Å². The van der Waals surface area contributed by atoms with Crippen LogP contribution in [-0.2, 0) is 32.7 Å². The van der Waals surface area contributed by atoms with Crippen LogP contribution in [0.3, 0.4) is 0 Å². The van der Waals surface area contributed by atoms with Gasteiger partial charge in [-0.2, -0.15) is 0 Å². The van der Waals surface area contributed by atoms with E-state index in [1.807, 2.05) is 21.1 Å². The molecule has 0 amide bonds. The van der Waals surface area contributed by atoms with E-state index in [4.69, 9.17) is 18.5 Å². The fourth-order valence-corrected chi connectivity index (χ4v) is 8.85. The molecule has 2 unspecified atom stereocenters. The van der Waals surface area contributed by atoms with E-state index in [9.17, 15) is 19.0 Å². The highest BCUT2D eigenvalue weighted by Gasteiger charge is 2.27. The molecule has 0 rings (SSSR count). The number of rotatable bonds is 58. The van der Waals surface area contributed by atoms with Crippen molar-refractivity contribution in [3.05, 3.63) is 194 Å². The fourth-order valence-electron chi connectivity index (χ4n) is 8.10. The maximum absolute atomic E-state index is 12.9. The highest BCUT2D eigenvalue weighted by molar-refractivity contribution is 7.47. The molecule has 0 aliphatic heterocycles. The Bertz CT molecular complexity index is 2150. The van der Waals surface area contributed by atoms with E-state index >= 15 is 0 Å². The van der Waals surface area contributed by atoms with Crippen LogP contribution in [-0.4, -0.2) is 74.9 Å². The van der Waals surface area contributed by atoms with Gasteiger partial charge < -0.3 is 18.9 Å². The first-order valence-corrected chi connectivity index (χ1v) is 34.7. The van der Waals surface area contributed by atoms with Crippen molar-refractivity contribution in [1.29, 1.82) is 0 Å². The number of carbonyl (C=O) groups excluding carboxylic acids is 2. The minimum atomic E-state index is -4.42. The lowest BCUT2D eigenvalue weighted by Crippen LogP contribution is -2.37. The quantitative estimate of drug-likeness (QED) is 0.0211. The minimum Gasteiger partial charge on any atom is -0.462 e. The lowest BCUT2D eigenvalue weighted by Gasteiger charge is -2.24. The molecule has 0 saturated heterocycles. The topological polar surface area (TPSA) is 108 Å². The second kappa shape index (κ2) is 64.3. The molecule has 0 aromatic rings. The van der Waals surface area contributed by atoms with Gasteiger partial charge >= 0.3 is 19.8 Å². The zero-order chi connectivity index (χ0) is 62.6. The number of ether oxygens (including phenoxy) is 2. The standard InChI is InChI=1S/C76H120NO8P/c1-6-8-10-12-14-16-18-20-22-24-26-28-30-32-34-35-36-37-38-39-40-41-43-45-47-49-51-53-55-57-59-61-63-65-67-69-76(79)85-74(73-84-86(80,81)83-71-70-77(3,4)5)72-82-75(78)68-66-64-62-60-58-56-54-52-50-48-46-44-42-33-31-29-27-25-23-21-19-17-15-13-11-9-7-2/h8-11,14-17,20-23,26-29,32-34,36-37,39-40,42-43,45-46,48-49,51,55,57,74H,6-7,12-13,18-19,24-25,30-31,35,38,41,44,47,50,52-54,56,58-73H2,1-5H3/p+1/b10-8-,11-9-,16-14-,17-15-,22-20-,23-21-,28-26-,29-27-,34-32-,37-36-,40-39-,42-33-,45-43-,48-46-,51-49-,57-55-. The number of phosphoric acid groups is 1. The van der Waals surface area contributed by atoms with Crippen molar-refractivity contribution in [1.82, 2.24) is 0 Å². The van der Waals surface area contributed by atoms with E-state index in [2.05, 4.69) is 208 Å². The van der Waals surface area contributed by atoms with Gasteiger partial charge in [0, 0.05) is 12.8 Å². The van der Waals surface area contributed by atoms with Crippen LogP contribution in [0.5, 0.6) is 0 Å². The summed E-state index contributed by atoms with van der Waals surface area (Å²) in [5.41, 5.74) is 0. The Kier molecular flexibility index (Phi) is 60.5. The molecule has 0 bridgehead atoms. The lowest BCUT2D eigenvalue weighted by molar-refractivity contribution is -0.870. The summed E-state index contributed by atoms with van der Waals surface area (Å²) in [6.45, 7) is 4.13. The van der Waals surface area contributed by atoms with Crippen LogP contribution in [0.25, 0.3) is 0 Å². The molecule has 0 spiro atoms. The lowest BCUT2D eigenvalue weighted by atomic mass is 10.1. The summed E-state index contributed by atoms with van der Waals surface area (Å²) in [5, 5.41) is 0. The summed E-state index contributed by atoms with van der Waals surface area (Å²) in [7, 11) is 1.42. The van der Waals surface area contributed by atoms with E-state index in [1.165, 1.54) is 25.7 Å². The number of likely N-dealkylation sites (N-methyl/N-ethyl adjacent to an activating group) is 1. The highest BCUT2D eigenvalue weighted by atomic mass is 31.2. The van der Waals surface area contributed by atoms with Gasteiger partial charge in [-0.05, 0) is 141 Å². The predicted octanol–water partition coefficient (Wildman–Crippen LogP) is 21.7. The van der Waals surface area contributed by atoms with Crippen molar-refractivity contribution < 1.29 is 42.1 Å². The van der Waals surface area contributed by atoms with Gasteiger partial charge in [-0.15, -0.1) is 0 Å². The summed E-state index contributed by atoms with van der Waals surface area (Å²) >= 11 is 0. The third-order valence-corrected chi connectivity index (χ3v) is 14.1. The summed E-state index contributed by atoms with van der Waals surface area (Å²) in [6.07, 6.45) is 101. The Hall–Kier alpha value is -5.15. The van der Waals surface area contributed by atoms with Crippen LogP contribution in [0.15, 0.2) is 194 Å². The molecule has 9 nitrogen and oxygen atoms in total. The van der Waals surface area contributed by atoms with Crippen LogP contribution in [0.4, 0.5) is 0 Å². The molecule has 0 radical (unpaired) electrons. The number of hydrogen-bond donors (Lipinski definition) is 1. The van der Waals surface area contributed by atoms with Gasteiger partial charge in [0.1, 0.15) is 19.8 Å². The molecule has 10 heteroatoms. The largest absolute Gasteiger partial charge is 0.472 e. The van der Waals surface area contributed by atoms with Gasteiger partial charge in [-0.3, -0.25) is 18.6 Å². The first-order valence-electron chi connectivity index (χ1n) is 33.2. The highest BCUT2D eigenvalue weighted by Crippen LogP contribution is 2.43. The molecule has 0 aromatic carbocycles. The first kappa shape index (κ1) is 80.8. The Morgan fingerprint density at radius 1 is 0.360 bits per heavy atom. The molecule has 0 aliphatic rings. The maximum atomic E-state index is 12.9. The van der Waals surface area contributed by atoms with Crippen LogP contribution >= 0.6 is 7.82 Å². The molecule has 0 aliphatic carbocycles. The molecular formula is C76H121NO8P+. The fraction of sp³-hybridized carbons (Fsp3) is 0.553. The van der Waals surface area contributed by atoms with Crippen molar-refractivity contribution in [2.45, 2.75) is 225 Å². The third-order valence-electron chi connectivity index (χ3n) is 13.1. The predicted molar refractivity (Wildman–Crippen MR) is 371 cm³/mol. The Morgan fingerprint density at radius 3 is 0.930 bits per heavy atom. The number of esters is 2. The zero-order valence-electron chi connectivity index (χ0n) is 54.7. The molecule has 0 aromatic heterocycles. The molecule has 1 N–H and O–H groups in total. The molecule has 0 fully saturated rings. The maximum Gasteiger partial charge on any atom is 0.472 e. The van der Waals surface area contributed by atoms with Crippen LogP contribution in [0, 0.1) is 0 Å². The zero-order valence-corrected chi connectivity index (χ0v) is 55.6. The molecule has 0 saturated carbocycles. The van der Waals surface area contributed by atoms with Gasteiger partial charge in [-0.1, -0.05) is 260 Å². The van der Waals surface area contributed by atoms with Crippen LogP contribution in [0.2, 0.25) is 0 Å². The average Bonchev–Trinajstić information content (AvgIpc) is 3.56. The number of quaternary nitrogens is 1. The van der Waals surface area contributed by atoms with Gasteiger partial charge in [0.15, 0.2) is 6.10 Å². The smallest absolute Gasteiger partial charge is 0.462 e. The van der Waals surface area contributed by atoms with E-state index in [0.29, 0.717) is 23.9 Å². The normalized spacial score (nSPS) is 14.4. The van der Waals surface area contributed by atoms with E-state index < -0.39 is 32.5 Å². The summed E-state index contributed by atoms with van der Waals surface area (Å²) in [6, 6.07) is 0. The average molecular weight is 1210 g/mol. The van der Waals surface area contributed by atoms with Crippen LogP contribution in [0.1, 0.15) is 219 Å². The molecule has 0 heterocycles. The monoisotopic (exact) mass is 1210 g/mol. The van der Waals surface area contributed by atoms with Crippen molar-refractivity contribution in [3.8, 4) is 0 Å². The number of nitrogens with zero attached hydrogens (tertiary/aromatic N) is 1. The SMILES string of the molecule is CC/C=C\C/C=C\C/C=C\C/C=C\C/C=C\C/C=C\C/C=C\C/C=C\C/C=C\C/C=C\CCCCCCC(=O)OC(COC(=O)CCCCCCCCCC/C=C\C/C=C\C/C=C\C/C=C\C/C=C\C/C=C\CC)COP(=O)(O)OCC[N+](C)(C)C. The Labute approximate surface area is 526 Å². The summed E-state index contributed by atoms with van der Waals surface area (Å²) in [5.74, 6) is -0.853. The summed E-state index contributed by atoms with van der Waals surface area (Å²) < 4.78 is 34.6. The first-order chi connectivity index (χ1) is 42.0. The van der Waals surface area contributed by atoms with Gasteiger partial charge in [0.25, 0.3) is 0 Å². The number of unbranched alkanes of at least 4 members (excludes halogenated alkanes) is 12. The molecule has 86 heavy (non-hydrogen) atoms. The molecule has 2 atom stereocenters.